The highest BCUT2D eigenvalue weighted by Crippen LogP contribution is 2.07. The predicted molar refractivity (Wildman–Crippen MR) is 116 cm³/mol. The van der Waals surface area contributed by atoms with E-state index in [1.807, 2.05) is 24.3 Å². The van der Waals surface area contributed by atoms with Crippen molar-refractivity contribution in [3.8, 4) is 0 Å². The fraction of sp³-hybridized carbons (Fsp3) is 0.474. The van der Waals surface area contributed by atoms with Gasteiger partial charge in [-0.1, -0.05) is 12.1 Å². The molecule has 0 fully saturated rings. The molecule has 1 unspecified atom stereocenters. The van der Waals surface area contributed by atoms with E-state index in [-0.39, 0.29) is 12.8 Å². The zero-order chi connectivity index (χ0) is 22.5. The minimum Gasteiger partial charge on any atom is -0.481 e. The molecule has 0 aliphatic heterocycles. The number of aliphatic carboxylic acids is 3. The second kappa shape index (κ2) is 13.7. The summed E-state index contributed by atoms with van der Waals surface area (Å²) in [6.07, 6.45) is 0.684. The summed E-state index contributed by atoms with van der Waals surface area (Å²) in [6, 6.07) is 4.54. The fourth-order valence-electron chi connectivity index (χ4n) is 2.57. The zero-order valence-electron chi connectivity index (χ0n) is 16.3. The molecule has 10 nitrogen and oxygen atoms in total. The molecule has 2 atom stereocenters. The van der Waals surface area contributed by atoms with Crippen LogP contribution in [0.2, 0.25) is 0 Å². The van der Waals surface area contributed by atoms with Crippen LogP contribution in [-0.2, 0) is 20.9 Å². The van der Waals surface area contributed by atoms with Gasteiger partial charge in [-0.2, -0.15) is 0 Å². The van der Waals surface area contributed by atoms with Crippen LogP contribution in [0.25, 0.3) is 0 Å². The van der Waals surface area contributed by atoms with E-state index in [0.29, 0.717) is 25.9 Å². The van der Waals surface area contributed by atoms with E-state index < -0.39 is 42.4 Å². The Bertz CT molecular complexity index is 727. The molecule has 1 aromatic carbocycles. The lowest BCUT2D eigenvalue weighted by molar-refractivity contribution is -0.140. The van der Waals surface area contributed by atoms with E-state index in [1.165, 1.54) is 0 Å². The first-order valence-corrected chi connectivity index (χ1v) is 10.5. The molecule has 0 radical (unpaired) electrons. The van der Waals surface area contributed by atoms with Crippen LogP contribution in [0.1, 0.15) is 37.7 Å². The van der Waals surface area contributed by atoms with Crippen molar-refractivity contribution >= 4 is 46.5 Å². The number of urea groups is 1. The van der Waals surface area contributed by atoms with Gasteiger partial charge in [-0.25, -0.2) is 14.4 Å². The highest BCUT2D eigenvalue weighted by atomic mass is 127. The summed E-state index contributed by atoms with van der Waals surface area (Å²) >= 11 is 2.23. The van der Waals surface area contributed by atoms with Crippen molar-refractivity contribution in [1.82, 2.24) is 16.0 Å². The Morgan fingerprint density at radius 2 is 1.43 bits per heavy atom. The smallest absolute Gasteiger partial charge is 0.326 e. The summed E-state index contributed by atoms with van der Waals surface area (Å²) in [4.78, 5) is 44.9. The predicted octanol–water partition coefficient (Wildman–Crippen LogP) is 1.62. The molecule has 30 heavy (non-hydrogen) atoms. The summed E-state index contributed by atoms with van der Waals surface area (Å²) in [6.45, 7) is 1.38. The Hall–Kier alpha value is -2.41. The van der Waals surface area contributed by atoms with Gasteiger partial charge in [-0.05, 0) is 72.5 Å². The normalized spacial score (nSPS) is 12.6. The Morgan fingerprint density at radius 1 is 0.867 bits per heavy atom. The molecule has 2 amide bonds. The molecule has 0 aromatic heterocycles. The number of unbranched alkanes of at least 4 members (excludes halogenated alkanes) is 1. The lowest BCUT2D eigenvalue weighted by Crippen LogP contribution is -2.51. The number of hydrogen-bond donors (Lipinski definition) is 6. The first-order chi connectivity index (χ1) is 14.2. The number of hydrogen-bond acceptors (Lipinski definition) is 5. The van der Waals surface area contributed by atoms with Crippen molar-refractivity contribution in [1.29, 1.82) is 0 Å². The first kappa shape index (κ1) is 25.6. The van der Waals surface area contributed by atoms with Crippen LogP contribution in [0, 0.1) is 3.57 Å². The molecule has 0 spiro atoms. The van der Waals surface area contributed by atoms with Gasteiger partial charge in [0, 0.05) is 16.5 Å². The molecule has 1 rings (SSSR count). The third-order valence-electron chi connectivity index (χ3n) is 4.19. The van der Waals surface area contributed by atoms with E-state index in [4.69, 9.17) is 10.2 Å². The van der Waals surface area contributed by atoms with Gasteiger partial charge in [0.1, 0.15) is 12.1 Å². The topological polar surface area (TPSA) is 165 Å². The number of carboxylic acid groups (broad SMARTS) is 3. The molecular formula is C19H26IN3O7. The number of nitrogens with one attached hydrogen (secondary N) is 3. The fourth-order valence-corrected chi connectivity index (χ4v) is 2.93. The number of carbonyl (C=O) groups is 4. The lowest BCUT2D eigenvalue weighted by atomic mass is 10.1. The Kier molecular flexibility index (Phi) is 11.7. The molecule has 1 aromatic rings. The van der Waals surface area contributed by atoms with Crippen molar-refractivity contribution in [3.05, 3.63) is 33.4 Å². The van der Waals surface area contributed by atoms with Gasteiger partial charge < -0.3 is 31.3 Å². The van der Waals surface area contributed by atoms with Gasteiger partial charge in [-0.15, -0.1) is 0 Å². The summed E-state index contributed by atoms with van der Waals surface area (Å²) in [5.74, 6) is -3.81. The third-order valence-corrected chi connectivity index (χ3v) is 4.91. The Labute approximate surface area is 187 Å². The summed E-state index contributed by atoms with van der Waals surface area (Å²) in [7, 11) is 0. The quantitative estimate of drug-likeness (QED) is 0.155. The van der Waals surface area contributed by atoms with Gasteiger partial charge in [0.2, 0.25) is 0 Å². The molecule has 6 N–H and O–H groups in total. The lowest BCUT2D eigenvalue weighted by Gasteiger charge is -2.18. The van der Waals surface area contributed by atoms with E-state index in [0.717, 1.165) is 9.13 Å². The molecule has 11 heteroatoms. The highest BCUT2D eigenvalue weighted by Gasteiger charge is 2.24. The maximum Gasteiger partial charge on any atom is 0.326 e. The number of carbonyl (C=O) groups excluding carboxylic acids is 1. The van der Waals surface area contributed by atoms with Gasteiger partial charge in [0.25, 0.3) is 0 Å². The molecule has 0 aliphatic rings. The van der Waals surface area contributed by atoms with Crippen LogP contribution in [0.4, 0.5) is 4.79 Å². The number of rotatable bonds is 14. The van der Waals surface area contributed by atoms with E-state index in [1.54, 1.807) is 0 Å². The number of benzene rings is 1. The van der Waals surface area contributed by atoms with E-state index >= 15 is 0 Å². The summed E-state index contributed by atoms with van der Waals surface area (Å²) in [5.41, 5.74) is 1.15. The summed E-state index contributed by atoms with van der Waals surface area (Å²) < 4.78 is 1.16. The molecule has 0 bridgehead atoms. The number of amides is 2. The average molecular weight is 535 g/mol. The van der Waals surface area contributed by atoms with Crippen molar-refractivity contribution in [2.24, 2.45) is 0 Å². The molecule has 166 valence electrons. The standard InChI is InChI=1S/C19H26IN3O7/c20-13-6-4-12(5-7-13)11-21-10-2-1-3-14(17(26)27)22-19(30)23-15(18(28)29)8-9-16(24)25/h4-7,14-15,21H,1-3,8-11H2,(H,24,25)(H,26,27)(H,28,29)(H2,22,23,30)/t14-,15?/m0/s1. The largest absolute Gasteiger partial charge is 0.481 e. The second-order valence-electron chi connectivity index (χ2n) is 6.63. The number of carboxylic acids is 3. The molecule has 0 heterocycles. The first-order valence-electron chi connectivity index (χ1n) is 9.38. The molecular weight excluding hydrogens is 509 g/mol. The molecule has 0 aliphatic carbocycles. The average Bonchev–Trinajstić information content (AvgIpc) is 2.67. The van der Waals surface area contributed by atoms with Crippen LogP contribution in [0.5, 0.6) is 0 Å². The SMILES string of the molecule is O=C(O)CCC(NC(=O)N[C@@H](CCCCNCc1ccc(I)cc1)C(=O)O)C(=O)O. The summed E-state index contributed by atoms with van der Waals surface area (Å²) in [5, 5.41) is 34.5. The highest BCUT2D eigenvalue weighted by molar-refractivity contribution is 14.1. The van der Waals surface area contributed by atoms with E-state index in [2.05, 4.69) is 38.5 Å². The molecule has 0 saturated heterocycles. The van der Waals surface area contributed by atoms with Crippen LogP contribution in [0.3, 0.4) is 0 Å². The van der Waals surface area contributed by atoms with Gasteiger partial charge in [-0.3, -0.25) is 4.79 Å². The van der Waals surface area contributed by atoms with E-state index in [9.17, 15) is 24.3 Å². The Balaban J connectivity index is 2.34. The van der Waals surface area contributed by atoms with Crippen LogP contribution >= 0.6 is 22.6 Å². The monoisotopic (exact) mass is 535 g/mol. The Morgan fingerprint density at radius 3 is 1.97 bits per heavy atom. The van der Waals surface area contributed by atoms with Gasteiger partial charge in [0.05, 0.1) is 0 Å². The maximum absolute atomic E-state index is 11.9. The van der Waals surface area contributed by atoms with Crippen LogP contribution in [-0.4, -0.2) is 57.9 Å². The maximum atomic E-state index is 11.9. The van der Waals surface area contributed by atoms with Gasteiger partial charge in [0.15, 0.2) is 0 Å². The minimum absolute atomic E-state index is 0.181. The number of halogens is 1. The van der Waals surface area contributed by atoms with Crippen molar-refractivity contribution in [2.45, 2.75) is 50.7 Å². The van der Waals surface area contributed by atoms with Crippen molar-refractivity contribution < 1.29 is 34.5 Å². The van der Waals surface area contributed by atoms with Crippen LogP contribution < -0.4 is 16.0 Å². The van der Waals surface area contributed by atoms with Crippen LogP contribution in [0.15, 0.2) is 24.3 Å². The molecule has 0 saturated carbocycles. The second-order valence-corrected chi connectivity index (χ2v) is 7.88. The zero-order valence-corrected chi connectivity index (χ0v) is 18.4. The van der Waals surface area contributed by atoms with Gasteiger partial charge >= 0.3 is 23.9 Å². The minimum atomic E-state index is -1.42. The third kappa shape index (κ3) is 11.0. The van der Waals surface area contributed by atoms with Crippen molar-refractivity contribution in [2.75, 3.05) is 6.54 Å². The van der Waals surface area contributed by atoms with Crippen molar-refractivity contribution in [3.63, 3.8) is 0 Å².